The van der Waals surface area contributed by atoms with Gasteiger partial charge in [-0.1, -0.05) is 30.3 Å². The summed E-state index contributed by atoms with van der Waals surface area (Å²) in [6.45, 7) is 1.49. The highest BCUT2D eigenvalue weighted by molar-refractivity contribution is 5.76. The first-order valence-electron chi connectivity index (χ1n) is 9.36. The highest BCUT2D eigenvalue weighted by Crippen LogP contribution is 2.25. The number of hydrogen-bond acceptors (Lipinski definition) is 4. The maximum Gasteiger partial charge on any atom is 0.331 e. The Kier molecular flexibility index (Phi) is 6.46. The lowest BCUT2D eigenvalue weighted by molar-refractivity contribution is -0.122. The molecule has 3 rings (SSSR count). The van der Waals surface area contributed by atoms with Crippen LogP contribution in [0.5, 0.6) is 5.75 Å². The van der Waals surface area contributed by atoms with Crippen LogP contribution < -0.4 is 21.3 Å². The molecule has 1 aromatic heterocycles. The summed E-state index contributed by atoms with van der Waals surface area (Å²) in [6.07, 6.45) is 1.41. The lowest BCUT2D eigenvalue weighted by atomic mass is 10.1. The molecule has 0 spiro atoms. The molecular formula is C22H22FN3O4. The monoisotopic (exact) mass is 411 g/mol. The molecule has 1 amide bonds. The number of halogens is 1. The van der Waals surface area contributed by atoms with Gasteiger partial charge in [0.1, 0.15) is 18.1 Å². The number of rotatable bonds is 7. The average molecular weight is 411 g/mol. The van der Waals surface area contributed by atoms with Crippen molar-refractivity contribution >= 4 is 5.91 Å². The SMILES string of the molecule is COc1ccc(F)cc1C(C)NC(=O)Cn1c(=O)ccn(Cc2ccccc2)c1=O. The van der Waals surface area contributed by atoms with Gasteiger partial charge in [-0.3, -0.25) is 18.7 Å². The third-order valence-corrected chi connectivity index (χ3v) is 4.67. The minimum absolute atomic E-state index is 0.276. The van der Waals surface area contributed by atoms with Crippen LogP contribution in [0.25, 0.3) is 0 Å². The molecule has 0 saturated heterocycles. The van der Waals surface area contributed by atoms with Crippen molar-refractivity contribution in [2.24, 2.45) is 0 Å². The molecule has 8 heteroatoms. The highest BCUT2D eigenvalue weighted by atomic mass is 19.1. The summed E-state index contributed by atoms with van der Waals surface area (Å²) in [5, 5.41) is 2.68. The molecular weight excluding hydrogens is 389 g/mol. The Morgan fingerprint density at radius 3 is 2.57 bits per heavy atom. The zero-order valence-electron chi connectivity index (χ0n) is 16.7. The number of ether oxygens (including phenoxy) is 1. The first kappa shape index (κ1) is 21.0. The number of nitrogens with zero attached hydrogens (tertiary/aromatic N) is 2. The summed E-state index contributed by atoms with van der Waals surface area (Å²) in [4.78, 5) is 37.4. The van der Waals surface area contributed by atoms with Crippen LogP contribution >= 0.6 is 0 Å². The zero-order valence-corrected chi connectivity index (χ0v) is 16.7. The fourth-order valence-corrected chi connectivity index (χ4v) is 3.15. The quantitative estimate of drug-likeness (QED) is 0.645. The van der Waals surface area contributed by atoms with Crippen LogP contribution in [0.15, 0.2) is 70.4 Å². The van der Waals surface area contributed by atoms with Crippen molar-refractivity contribution in [1.29, 1.82) is 0 Å². The summed E-state index contributed by atoms with van der Waals surface area (Å²) in [7, 11) is 1.45. The molecule has 1 unspecified atom stereocenters. The van der Waals surface area contributed by atoms with E-state index in [-0.39, 0.29) is 6.54 Å². The van der Waals surface area contributed by atoms with Crippen molar-refractivity contribution in [2.45, 2.75) is 26.1 Å². The second-order valence-corrected chi connectivity index (χ2v) is 6.81. The van der Waals surface area contributed by atoms with Crippen LogP contribution in [0.2, 0.25) is 0 Å². The molecule has 0 aliphatic heterocycles. The number of aromatic nitrogens is 2. The molecule has 156 valence electrons. The maximum absolute atomic E-state index is 13.6. The largest absolute Gasteiger partial charge is 0.496 e. The van der Waals surface area contributed by atoms with Crippen molar-refractivity contribution in [2.75, 3.05) is 7.11 Å². The van der Waals surface area contributed by atoms with Crippen LogP contribution in [0.3, 0.4) is 0 Å². The van der Waals surface area contributed by atoms with E-state index >= 15 is 0 Å². The van der Waals surface area contributed by atoms with Gasteiger partial charge < -0.3 is 10.1 Å². The van der Waals surface area contributed by atoms with Crippen molar-refractivity contribution < 1.29 is 13.9 Å². The minimum atomic E-state index is -0.589. The van der Waals surface area contributed by atoms with Crippen LogP contribution in [0.4, 0.5) is 4.39 Å². The van der Waals surface area contributed by atoms with Gasteiger partial charge in [0.05, 0.1) is 19.7 Å². The van der Waals surface area contributed by atoms with E-state index in [9.17, 15) is 18.8 Å². The minimum Gasteiger partial charge on any atom is -0.496 e. The highest BCUT2D eigenvalue weighted by Gasteiger charge is 2.17. The van der Waals surface area contributed by atoms with Crippen molar-refractivity contribution in [3.8, 4) is 5.75 Å². The lowest BCUT2D eigenvalue weighted by Gasteiger charge is -2.18. The molecule has 0 aliphatic carbocycles. The van der Waals surface area contributed by atoms with E-state index < -0.39 is 35.6 Å². The zero-order chi connectivity index (χ0) is 21.7. The van der Waals surface area contributed by atoms with Gasteiger partial charge in [0.15, 0.2) is 0 Å². The van der Waals surface area contributed by atoms with E-state index in [1.165, 1.54) is 42.1 Å². The Hall–Kier alpha value is -3.68. The Morgan fingerprint density at radius 2 is 1.87 bits per heavy atom. The van der Waals surface area contributed by atoms with Gasteiger partial charge in [-0.2, -0.15) is 0 Å². The van der Waals surface area contributed by atoms with Crippen LogP contribution in [-0.4, -0.2) is 22.2 Å². The van der Waals surface area contributed by atoms with E-state index in [4.69, 9.17) is 4.74 Å². The second-order valence-electron chi connectivity index (χ2n) is 6.81. The Morgan fingerprint density at radius 1 is 1.13 bits per heavy atom. The molecule has 1 N–H and O–H groups in total. The number of carbonyl (C=O) groups is 1. The van der Waals surface area contributed by atoms with E-state index in [1.54, 1.807) is 6.92 Å². The Labute approximate surface area is 172 Å². The van der Waals surface area contributed by atoms with Gasteiger partial charge in [-0.05, 0) is 30.7 Å². The van der Waals surface area contributed by atoms with E-state index in [0.717, 1.165) is 10.1 Å². The summed E-state index contributed by atoms with van der Waals surface area (Å²) >= 11 is 0. The smallest absolute Gasteiger partial charge is 0.331 e. The number of nitrogens with one attached hydrogen (secondary N) is 1. The number of carbonyl (C=O) groups excluding carboxylic acids is 1. The number of methoxy groups -OCH3 is 1. The second kappa shape index (κ2) is 9.21. The lowest BCUT2D eigenvalue weighted by Crippen LogP contribution is -2.43. The topological polar surface area (TPSA) is 82.3 Å². The molecule has 30 heavy (non-hydrogen) atoms. The molecule has 2 aromatic carbocycles. The summed E-state index contributed by atoms with van der Waals surface area (Å²) in [6, 6.07) is 14.0. The summed E-state index contributed by atoms with van der Waals surface area (Å²) < 4.78 is 21.0. The molecule has 0 saturated carbocycles. The first-order valence-corrected chi connectivity index (χ1v) is 9.36. The molecule has 1 atom stereocenters. The molecule has 3 aromatic rings. The molecule has 0 radical (unpaired) electrons. The average Bonchev–Trinajstić information content (AvgIpc) is 2.74. The van der Waals surface area contributed by atoms with Crippen LogP contribution in [-0.2, 0) is 17.9 Å². The normalized spacial score (nSPS) is 11.7. The summed E-state index contributed by atoms with van der Waals surface area (Å²) in [5.74, 6) is -0.591. The van der Waals surface area contributed by atoms with Crippen LogP contribution in [0, 0.1) is 5.82 Å². The predicted octanol–water partition coefficient (Wildman–Crippen LogP) is 2.08. The third kappa shape index (κ3) is 4.83. The van der Waals surface area contributed by atoms with Crippen LogP contribution in [0.1, 0.15) is 24.1 Å². The third-order valence-electron chi connectivity index (χ3n) is 4.67. The number of hydrogen-bond donors (Lipinski definition) is 1. The first-order chi connectivity index (χ1) is 14.4. The molecule has 0 bridgehead atoms. The fraction of sp³-hybridized carbons (Fsp3) is 0.227. The predicted molar refractivity (Wildman–Crippen MR) is 110 cm³/mol. The number of amides is 1. The van der Waals surface area contributed by atoms with Gasteiger partial charge >= 0.3 is 5.69 Å². The van der Waals surface area contributed by atoms with Crippen molar-refractivity contribution in [3.63, 3.8) is 0 Å². The van der Waals surface area contributed by atoms with Gasteiger partial charge in [0, 0.05) is 17.8 Å². The van der Waals surface area contributed by atoms with E-state index in [2.05, 4.69) is 5.32 Å². The van der Waals surface area contributed by atoms with Gasteiger partial charge in [-0.25, -0.2) is 9.18 Å². The van der Waals surface area contributed by atoms with E-state index in [1.807, 2.05) is 30.3 Å². The fourth-order valence-electron chi connectivity index (χ4n) is 3.15. The van der Waals surface area contributed by atoms with E-state index in [0.29, 0.717) is 11.3 Å². The van der Waals surface area contributed by atoms with Gasteiger partial charge in [0.2, 0.25) is 5.91 Å². The molecule has 7 nitrogen and oxygen atoms in total. The number of benzene rings is 2. The Balaban J connectivity index is 1.78. The van der Waals surface area contributed by atoms with Crippen molar-refractivity contribution in [1.82, 2.24) is 14.5 Å². The molecule has 1 heterocycles. The van der Waals surface area contributed by atoms with Gasteiger partial charge in [-0.15, -0.1) is 0 Å². The Bertz CT molecular complexity index is 1160. The maximum atomic E-state index is 13.6. The standard InChI is InChI=1S/C22H22FN3O4/c1-15(18-12-17(23)8-9-19(18)30-2)24-20(27)14-26-21(28)10-11-25(22(26)29)13-16-6-4-3-5-7-16/h3-12,15H,13-14H2,1-2H3,(H,24,27). The summed E-state index contributed by atoms with van der Waals surface area (Å²) in [5.41, 5.74) is 0.182. The van der Waals surface area contributed by atoms with Crippen molar-refractivity contribution in [3.05, 3.63) is 98.6 Å². The molecule has 0 fully saturated rings. The van der Waals surface area contributed by atoms with Gasteiger partial charge in [0.25, 0.3) is 5.56 Å². The molecule has 0 aliphatic rings.